The second kappa shape index (κ2) is 7.12. The SMILES string of the molecule is CN(C)CCC(c1ccccc1)C1CCC2(CC1)OCCO2. The predicted octanol–water partition coefficient (Wildman–Crippen LogP) is 3.66. The standard InChI is InChI=1S/C19H29NO2/c1-20(2)13-10-18(16-6-4-3-5-7-16)17-8-11-19(12-9-17)21-14-15-22-19/h3-7,17-18H,8-15H2,1-2H3. The van der Waals surface area contributed by atoms with Crippen molar-refractivity contribution in [3.05, 3.63) is 35.9 Å². The zero-order chi connectivity index (χ0) is 15.4. The van der Waals surface area contributed by atoms with Gasteiger partial charge in [0, 0.05) is 12.8 Å². The first-order valence-corrected chi connectivity index (χ1v) is 8.66. The van der Waals surface area contributed by atoms with Crippen molar-refractivity contribution < 1.29 is 9.47 Å². The van der Waals surface area contributed by atoms with Crippen LogP contribution >= 0.6 is 0 Å². The Kier molecular flexibility index (Phi) is 5.17. The molecule has 1 aliphatic heterocycles. The molecule has 0 bridgehead atoms. The third kappa shape index (κ3) is 3.70. The van der Waals surface area contributed by atoms with Gasteiger partial charge in [-0.05, 0) is 57.3 Å². The molecule has 1 aromatic rings. The van der Waals surface area contributed by atoms with Gasteiger partial charge in [-0.3, -0.25) is 0 Å². The van der Waals surface area contributed by atoms with E-state index < -0.39 is 0 Å². The van der Waals surface area contributed by atoms with Gasteiger partial charge in [-0.15, -0.1) is 0 Å². The first kappa shape index (κ1) is 16.0. The van der Waals surface area contributed by atoms with Crippen LogP contribution in [0.2, 0.25) is 0 Å². The average Bonchev–Trinajstić information content (AvgIpc) is 2.98. The first-order chi connectivity index (χ1) is 10.7. The molecule has 3 nitrogen and oxygen atoms in total. The fourth-order valence-electron chi connectivity index (χ4n) is 4.04. The summed E-state index contributed by atoms with van der Waals surface area (Å²) in [6.45, 7) is 2.69. The Balaban J connectivity index is 1.67. The highest BCUT2D eigenvalue weighted by Gasteiger charge is 2.41. The molecule has 1 unspecified atom stereocenters. The third-order valence-corrected chi connectivity index (χ3v) is 5.29. The van der Waals surface area contributed by atoms with Gasteiger partial charge in [0.2, 0.25) is 0 Å². The van der Waals surface area contributed by atoms with Gasteiger partial charge in [0.1, 0.15) is 0 Å². The fraction of sp³-hybridized carbons (Fsp3) is 0.684. The Hall–Kier alpha value is -0.900. The maximum Gasteiger partial charge on any atom is 0.168 e. The van der Waals surface area contributed by atoms with Crippen LogP contribution in [0.15, 0.2) is 30.3 Å². The van der Waals surface area contributed by atoms with E-state index in [0.29, 0.717) is 5.92 Å². The number of benzene rings is 1. The molecule has 1 atom stereocenters. The molecule has 122 valence electrons. The van der Waals surface area contributed by atoms with Crippen LogP contribution in [0.1, 0.15) is 43.6 Å². The quantitative estimate of drug-likeness (QED) is 0.828. The van der Waals surface area contributed by atoms with E-state index in [2.05, 4.69) is 49.3 Å². The molecular formula is C19H29NO2. The maximum absolute atomic E-state index is 5.88. The highest BCUT2D eigenvalue weighted by Crippen LogP contribution is 2.44. The van der Waals surface area contributed by atoms with Crippen molar-refractivity contribution >= 4 is 0 Å². The molecular weight excluding hydrogens is 274 g/mol. The Bertz CT molecular complexity index is 444. The molecule has 0 radical (unpaired) electrons. The molecule has 3 heteroatoms. The second-order valence-corrected chi connectivity index (χ2v) is 7.05. The highest BCUT2D eigenvalue weighted by molar-refractivity contribution is 5.20. The predicted molar refractivity (Wildman–Crippen MR) is 88.9 cm³/mol. The summed E-state index contributed by atoms with van der Waals surface area (Å²) in [6, 6.07) is 11.1. The highest BCUT2D eigenvalue weighted by atomic mass is 16.7. The number of rotatable bonds is 5. The van der Waals surface area contributed by atoms with Crippen LogP contribution < -0.4 is 0 Å². The Labute approximate surface area is 134 Å². The van der Waals surface area contributed by atoms with Crippen molar-refractivity contribution in [2.75, 3.05) is 33.9 Å². The van der Waals surface area contributed by atoms with E-state index in [-0.39, 0.29) is 5.79 Å². The lowest BCUT2D eigenvalue weighted by molar-refractivity contribution is -0.183. The lowest BCUT2D eigenvalue weighted by Gasteiger charge is -2.39. The number of hydrogen-bond acceptors (Lipinski definition) is 3. The molecule has 22 heavy (non-hydrogen) atoms. The summed E-state index contributed by atoms with van der Waals surface area (Å²) in [5.41, 5.74) is 1.50. The fourth-order valence-corrected chi connectivity index (χ4v) is 4.04. The number of nitrogens with zero attached hydrogens (tertiary/aromatic N) is 1. The minimum absolute atomic E-state index is 0.237. The van der Waals surface area contributed by atoms with Crippen molar-refractivity contribution in [3.63, 3.8) is 0 Å². The first-order valence-electron chi connectivity index (χ1n) is 8.66. The van der Waals surface area contributed by atoms with Crippen molar-refractivity contribution in [1.29, 1.82) is 0 Å². The van der Waals surface area contributed by atoms with Crippen LogP contribution in [0.4, 0.5) is 0 Å². The van der Waals surface area contributed by atoms with Gasteiger partial charge >= 0.3 is 0 Å². The van der Waals surface area contributed by atoms with Crippen LogP contribution in [0.3, 0.4) is 0 Å². The van der Waals surface area contributed by atoms with Gasteiger partial charge in [-0.1, -0.05) is 30.3 Å². The molecule has 1 aromatic carbocycles. The molecule has 1 heterocycles. The molecule has 0 aromatic heterocycles. The third-order valence-electron chi connectivity index (χ3n) is 5.29. The van der Waals surface area contributed by atoms with Gasteiger partial charge < -0.3 is 14.4 Å². The maximum atomic E-state index is 5.88. The van der Waals surface area contributed by atoms with Gasteiger partial charge in [-0.25, -0.2) is 0 Å². The monoisotopic (exact) mass is 303 g/mol. The van der Waals surface area contributed by atoms with Crippen LogP contribution in [-0.4, -0.2) is 44.5 Å². The van der Waals surface area contributed by atoms with Gasteiger partial charge in [0.15, 0.2) is 5.79 Å². The lowest BCUT2D eigenvalue weighted by atomic mass is 9.73. The summed E-state index contributed by atoms with van der Waals surface area (Å²) in [4.78, 5) is 2.30. The minimum atomic E-state index is -0.237. The average molecular weight is 303 g/mol. The second-order valence-electron chi connectivity index (χ2n) is 7.05. The van der Waals surface area contributed by atoms with Gasteiger partial charge in [0.25, 0.3) is 0 Å². The Morgan fingerprint density at radius 2 is 1.73 bits per heavy atom. The molecule has 0 N–H and O–H groups in total. The van der Waals surface area contributed by atoms with E-state index in [0.717, 1.165) is 38.5 Å². The van der Waals surface area contributed by atoms with E-state index >= 15 is 0 Å². The minimum Gasteiger partial charge on any atom is -0.348 e. The van der Waals surface area contributed by atoms with Crippen LogP contribution in [0, 0.1) is 5.92 Å². The normalized spacial score (nSPS) is 23.2. The zero-order valence-electron chi connectivity index (χ0n) is 14.0. The van der Waals surface area contributed by atoms with Crippen molar-refractivity contribution in [1.82, 2.24) is 4.90 Å². The van der Waals surface area contributed by atoms with E-state index in [1.54, 1.807) is 0 Å². The van der Waals surface area contributed by atoms with E-state index in [4.69, 9.17) is 9.47 Å². The molecule has 1 saturated heterocycles. The zero-order valence-corrected chi connectivity index (χ0v) is 14.0. The van der Waals surface area contributed by atoms with Gasteiger partial charge in [-0.2, -0.15) is 0 Å². The molecule has 1 aliphatic carbocycles. The summed E-state index contributed by atoms with van der Waals surface area (Å²) < 4.78 is 11.8. The Morgan fingerprint density at radius 3 is 2.32 bits per heavy atom. The van der Waals surface area contributed by atoms with Crippen LogP contribution in [-0.2, 0) is 9.47 Å². The molecule has 1 saturated carbocycles. The largest absolute Gasteiger partial charge is 0.348 e. The summed E-state index contributed by atoms with van der Waals surface area (Å²) in [6.07, 6.45) is 5.78. The van der Waals surface area contributed by atoms with E-state index in [9.17, 15) is 0 Å². The molecule has 0 amide bonds. The number of hydrogen-bond donors (Lipinski definition) is 0. The molecule has 2 aliphatic rings. The molecule has 2 fully saturated rings. The van der Waals surface area contributed by atoms with Crippen molar-refractivity contribution in [2.24, 2.45) is 5.92 Å². The summed E-state index contributed by atoms with van der Waals surface area (Å²) in [5, 5.41) is 0. The van der Waals surface area contributed by atoms with Gasteiger partial charge in [0.05, 0.1) is 13.2 Å². The van der Waals surface area contributed by atoms with E-state index in [1.165, 1.54) is 24.8 Å². The lowest BCUT2D eigenvalue weighted by Crippen LogP contribution is -2.36. The van der Waals surface area contributed by atoms with Crippen LogP contribution in [0.5, 0.6) is 0 Å². The topological polar surface area (TPSA) is 21.7 Å². The van der Waals surface area contributed by atoms with Crippen molar-refractivity contribution in [2.45, 2.75) is 43.8 Å². The number of ether oxygens (including phenoxy) is 2. The summed E-state index contributed by atoms with van der Waals surface area (Å²) in [7, 11) is 4.33. The summed E-state index contributed by atoms with van der Waals surface area (Å²) in [5.74, 6) is 1.17. The van der Waals surface area contributed by atoms with Crippen molar-refractivity contribution in [3.8, 4) is 0 Å². The molecule has 3 rings (SSSR count). The smallest absolute Gasteiger partial charge is 0.168 e. The summed E-state index contributed by atoms with van der Waals surface area (Å²) >= 11 is 0. The van der Waals surface area contributed by atoms with Crippen LogP contribution in [0.25, 0.3) is 0 Å². The Morgan fingerprint density at radius 1 is 1.09 bits per heavy atom. The van der Waals surface area contributed by atoms with E-state index in [1.807, 2.05) is 0 Å². The molecule has 1 spiro atoms.